The van der Waals surface area contributed by atoms with Crippen molar-refractivity contribution in [2.75, 3.05) is 13.2 Å². The predicted molar refractivity (Wildman–Crippen MR) is 40.3 cm³/mol. The molecule has 1 rings (SSSR count). The molecule has 0 amide bonds. The molecule has 0 aromatic heterocycles. The Bertz CT molecular complexity index is 114. The van der Waals surface area contributed by atoms with Gasteiger partial charge in [0.15, 0.2) is 0 Å². The zero-order valence-electron chi connectivity index (χ0n) is 6.68. The van der Waals surface area contributed by atoms with Crippen LogP contribution in [0.4, 0.5) is 0 Å². The molecule has 0 bridgehead atoms. The van der Waals surface area contributed by atoms with Crippen LogP contribution in [0.25, 0.3) is 0 Å². The average Bonchev–Trinajstić information content (AvgIpc) is 2.12. The molecule has 3 heteroatoms. The van der Waals surface area contributed by atoms with Gasteiger partial charge in [0.05, 0.1) is 12.7 Å². The molecule has 1 aliphatic heterocycles. The van der Waals surface area contributed by atoms with Crippen LogP contribution in [0.15, 0.2) is 0 Å². The Balaban J connectivity index is 2.29. The van der Waals surface area contributed by atoms with Crippen molar-refractivity contribution in [3.8, 4) is 0 Å². The van der Waals surface area contributed by atoms with E-state index in [-0.39, 0.29) is 0 Å². The Morgan fingerprint density at radius 3 is 2.80 bits per heavy atom. The van der Waals surface area contributed by atoms with Gasteiger partial charge in [0.25, 0.3) is 0 Å². The molecular weight excluding hydrogens is 128 g/mol. The van der Waals surface area contributed by atoms with Crippen LogP contribution in [0.1, 0.15) is 20.3 Å². The first-order valence-corrected chi connectivity index (χ1v) is 3.69. The summed E-state index contributed by atoms with van der Waals surface area (Å²) >= 11 is 0. The predicted octanol–water partition coefficient (Wildman–Crippen LogP) is 0.265. The molecule has 10 heavy (non-hydrogen) atoms. The van der Waals surface area contributed by atoms with E-state index in [0.29, 0.717) is 11.5 Å². The highest BCUT2D eigenvalue weighted by molar-refractivity contribution is 4.80. The van der Waals surface area contributed by atoms with Crippen LogP contribution >= 0.6 is 0 Å². The number of rotatable bonds is 2. The molecule has 1 unspecified atom stereocenters. The number of hydrazine groups is 1. The van der Waals surface area contributed by atoms with Gasteiger partial charge in [-0.3, -0.25) is 11.3 Å². The van der Waals surface area contributed by atoms with Gasteiger partial charge in [-0.2, -0.15) is 0 Å². The fourth-order valence-corrected chi connectivity index (χ4v) is 1.34. The van der Waals surface area contributed by atoms with Crippen LogP contribution in [0, 0.1) is 5.41 Å². The van der Waals surface area contributed by atoms with Crippen LogP contribution in [0.2, 0.25) is 0 Å². The van der Waals surface area contributed by atoms with Crippen molar-refractivity contribution in [2.24, 2.45) is 11.3 Å². The zero-order valence-corrected chi connectivity index (χ0v) is 6.68. The molecule has 3 nitrogen and oxygen atoms in total. The topological polar surface area (TPSA) is 47.3 Å². The van der Waals surface area contributed by atoms with Gasteiger partial charge < -0.3 is 4.74 Å². The van der Waals surface area contributed by atoms with E-state index in [4.69, 9.17) is 10.6 Å². The van der Waals surface area contributed by atoms with Crippen molar-refractivity contribution in [2.45, 2.75) is 26.4 Å². The molecule has 0 radical (unpaired) electrons. The number of ether oxygens (including phenoxy) is 1. The van der Waals surface area contributed by atoms with Crippen LogP contribution < -0.4 is 11.3 Å². The van der Waals surface area contributed by atoms with E-state index in [1.807, 2.05) is 0 Å². The van der Waals surface area contributed by atoms with E-state index in [9.17, 15) is 0 Å². The molecule has 1 aliphatic rings. The van der Waals surface area contributed by atoms with Crippen LogP contribution in [-0.2, 0) is 4.74 Å². The summed E-state index contributed by atoms with van der Waals surface area (Å²) in [5.74, 6) is 5.17. The minimum atomic E-state index is 0.319. The normalized spacial score (nSPS) is 30.9. The fourth-order valence-electron chi connectivity index (χ4n) is 1.34. The van der Waals surface area contributed by atoms with Crippen LogP contribution in [-0.4, -0.2) is 19.3 Å². The molecule has 1 atom stereocenters. The second-order valence-corrected chi connectivity index (χ2v) is 3.71. The van der Waals surface area contributed by atoms with E-state index in [1.165, 1.54) is 0 Å². The van der Waals surface area contributed by atoms with Gasteiger partial charge in [-0.25, -0.2) is 0 Å². The lowest BCUT2D eigenvalue weighted by Gasteiger charge is -2.13. The van der Waals surface area contributed by atoms with Gasteiger partial charge in [0.1, 0.15) is 0 Å². The van der Waals surface area contributed by atoms with E-state index >= 15 is 0 Å². The SMILES string of the molecule is CC1(C)COC(CNN)C1. The van der Waals surface area contributed by atoms with Crippen molar-refractivity contribution in [3.63, 3.8) is 0 Å². The summed E-state index contributed by atoms with van der Waals surface area (Å²) in [4.78, 5) is 0. The summed E-state index contributed by atoms with van der Waals surface area (Å²) in [6, 6.07) is 0. The number of hydrogen-bond acceptors (Lipinski definition) is 3. The summed E-state index contributed by atoms with van der Waals surface area (Å²) in [5, 5.41) is 0. The quantitative estimate of drug-likeness (QED) is 0.432. The summed E-state index contributed by atoms with van der Waals surface area (Å²) in [6.45, 7) is 6.05. The number of hydrogen-bond donors (Lipinski definition) is 2. The van der Waals surface area contributed by atoms with E-state index in [2.05, 4.69) is 19.3 Å². The van der Waals surface area contributed by atoms with Gasteiger partial charge in [-0.1, -0.05) is 13.8 Å². The molecule has 0 aromatic rings. The Labute approximate surface area is 61.9 Å². The molecular formula is C7H16N2O. The van der Waals surface area contributed by atoms with Crippen molar-refractivity contribution < 1.29 is 4.74 Å². The second-order valence-electron chi connectivity index (χ2n) is 3.71. The van der Waals surface area contributed by atoms with Crippen LogP contribution in [0.3, 0.4) is 0 Å². The van der Waals surface area contributed by atoms with Gasteiger partial charge in [-0.05, 0) is 11.8 Å². The van der Waals surface area contributed by atoms with Gasteiger partial charge in [0.2, 0.25) is 0 Å². The standard InChI is InChI=1S/C7H16N2O/c1-7(2)3-6(4-9-8)10-5-7/h6,9H,3-5,8H2,1-2H3. The summed E-state index contributed by atoms with van der Waals surface area (Å²) in [6.07, 6.45) is 1.43. The van der Waals surface area contributed by atoms with E-state index in [0.717, 1.165) is 19.6 Å². The first-order valence-electron chi connectivity index (χ1n) is 3.69. The highest BCUT2D eigenvalue weighted by Crippen LogP contribution is 2.30. The molecule has 1 saturated heterocycles. The Morgan fingerprint density at radius 2 is 2.40 bits per heavy atom. The molecule has 0 aliphatic carbocycles. The Kier molecular flexibility index (Phi) is 2.28. The first kappa shape index (κ1) is 7.98. The summed E-state index contributed by atoms with van der Waals surface area (Å²) in [7, 11) is 0. The van der Waals surface area contributed by atoms with Crippen LogP contribution in [0.5, 0.6) is 0 Å². The van der Waals surface area contributed by atoms with E-state index in [1.54, 1.807) is 0 Å². The van der Waals surface area contributed by atoms with E-state index < -0.39 is 0 Å². The molecule has 1 fully saturated rings. The summed E-state index contributed by atoms with van der Waals surface area (Å²) < 4.78 is 5.47. The Morgan fingerprint density at radius 1 is 1.70 bits per heavy atom. The number of nitrogens with two attached hydrogens (primary N) is 1. The molecule has 0 saturated carbocycles. The maximum atomic E-state index is 5.47. The minimum absolute atomic E-state index is 0.319. The molecule has 0 spiro atoms. The lowest BCUT2D eigenvalue weighted by molar-refractivity contribution is 0.0992. The maximum Gasteiger partial charge on any atom is 0.0719 e. The number of nitrogens with one attached hydrogen (secondary N) is 1. The lowest BCUT2D eigenvalue weighted by Crippen LogP contribution is -2.31. The van der Waals surface area contributed by atoms with Crippen molar-refractivity contribution in [3.05, 3.63) is 0 Å². The third-order valence-corrected chi connectivity index (χ3v) is 1.84. The maximum absolute atomic E-state index is 5.47. The molecule has 1 heterocycles. The van der Waals surface area contributed by atoms with Crippen molar-refractivity contribution in [1.29, 1.82) is 0 Å². The molecule has 0 aromatic carbocycles. The lowest BCUT2D eigenvalue weighted by atomic mass is 9.91. The van der Waals surface area contributed by atoms with Crippen molar-refractivity contribution in [1.82, 2.24) is 5.43 Å². The first-order chi connectivity index (χ1) is 4.64. The van der Waals surface area contributed by atoms with Gasteiger partial charge >= 0.3 is 0 Å². The smallest absolute Gasteiger partial charge is 0.0719 e. The zero-order chi connectivity index (χ0) is 7.61. The highest BCUT2D eigenvalue weighted by atomic mass is 16.5. The monoisotopic (exact) mass is 144 g/mol. The largest absolute Gasteiger partial charge is 0.376 e. The molecule has 3 N–H and O–H groups in total. The minimum Gasteiger partial charge on any atom is -0.376 e. The fraction of sp³-hybridized carbons (Fsp3) is 1.00. The Hall–Kier alpha value is -0.120. The van der Waals surface area contributed by atoms with Gasteiger partial charge in [0, 0.05) is 6.54 Å². The second kappa shape index (κ2) is 2.86. The third-order valence-electron chi connectivity index (χ3n) is 1.84. The summed E-state index contributed by atoms with van der Waals surface area (Å²) in [5.41, 5.74) is 2.97. The highest BCUT2D eigenvalue weighted by Gasteiger charge is 2.31. The van der Waals surface area contributed by atoms with Crippen molar-refractivity contribution >= 4 is 0 Å². The third kappa shape index (κ3) is 1.94. The van der Waals surface area contributed by atoms with Gasteiger partial charge in [-0.15, -0.1) is 0 Å². The average molecular weight is 144 g/mol. The molecule has 60 valence electrons.